The maximum absolute atomic E-state index is 12.5. The molecular weight excluding hydrogens is 280 g/mol. The lowest BCUT2D eigenvalue weighted by Gasteiger charge is -2.29. The molecule has 1 N–H and O–H groups in total. The minimum absolute atomic E-state index is 0.0291. The molecule has 0 radical (unpaired) electrons. The Morgan fingerprint density at radius 2 is 2.05 bits per heavy atom. The molecule has 7 heteroatoms. The Bertz CT molecular complexity index is 501. The number of sulfone groups is 1. The van der Waals surface area contributed by atoms with E-state index in [-0.39, 0.29) is 41.7 Å². The van der Waals surface area contributed by atoms with Gasteiger partial charge in [0.15, 0.2) is 9.84 Å². The van der Waals surface area contributed by atoms with Crippen LogP contribution in [0.5, 0.6) is 0 Å². The smallest absolute Gasteiger partial charge is 0.245 e. The van der Waals surface area contributed by atoms with Crippen LogP contribution in [0.15, 0.2) is 0 Å². The number of hydrogen-bond donors (Lipinski definition) is 1. The van der Waals surface area contributed by atoms with Gasteiger partial charge in [-0.05, 0) is 18.8 Å². The molecule has 0 spiro atoms. The van der Waals surface area contributed by atoms with Gasteiger partial charge in [0, 0.05) is 19.0 Å². The van der Waals surface area contributed by atoms with E-state index in [1.807, 2.05) is 13.8 Å². The molecule has 2 heterocycles. The summed E-state index contributed by atoms with van der Waals surface area (Å²) < 4.78 is 23.2. The number of nitrogens with one attached hydrogen (secondary N) is 1. The van der Waals surface area contributed by atoms with Gasteiger partial charge in [0.25, 0.3) is 0 Å². The molecule has 0 aliphatic carbocycles. The summed E-state index contributed by atoms with van der Waals surface area (Å²) in [5.74, 6) is 0.189. The first kappa shape index (κ1) is 15.3. The monoisotopic (exact) mass is 302 g/mol. The summed E-state index contributed by atoms with van der Waals surface area (Å²) in [7, 11) is -3.03. The molecule has 2 rings (SSSR count). The van der Waals surface area contributed by atoms with Gasteiger partial charge in [0.2, 0.25) is 11.8 Å². The van der Waals surface area contributed by atoms with Crippen molar-refractivity contribution in [1.29, 1.82) is 0 Å². The van der Waals surface area contributed by atoms with E-state index < -0.39 is 15.9 Å². The van der Waals surface area contributed by atoms with Crippen LogP contribution in [0.4, 0.5) is 0 Å². The fourth-order valence-electron chi connectivity index (χ4n) is 2.88. The summed E-state index contributed by atoms with van der Waals surface area (Å²) in [6.07, 6.45) is 1.31. The van der Waals surface area contributed by atoms with Crippen LogP contribution in [0.3, 0.4) is 0 Å². The third-order valence-corrected chi connectivity index (χ3v) is 5.60. The van der Waals surface area contributed by atoms with Crippen molar-refractivity contribution in [1.82, 2.24) is 10.2 Å². The number of rotatable bonds is 3. The Kier molecular flexibility index (Phi) is 4.36. The predicted molar refractivity (Wildman–Crippen MR) is 74.8 cm³/mol. The van der Waals surface area contributed by atoms with Gasteiger partial charge < -0.3 is 10.2 Å². The van der Waals surface area contributed by atoms with E-state index in [0.29, 0.717) is 19.4 Å². The molecule has 6 nitrogen and oxygen atoms in total. The molecule has 114 valence electrons. The highest BCUT2D eigenvalue weighted by molar-refractivity contribution is 7.91. The average molecular weight is 302 g/mol. The summed E-state index contributed by atoms with van der Waals surface area (Å²) >= 11 is 0. The highest BCUT2D eigenvalue weighted by Gasteiger charge is 2.39. The van der Waals surface area contributed by atoms with Crippen molar-refractivity contribution in [2.75, 3.05) is 18.1 Å². The molecule has 2 saturated heterocycles. The fraction of sp³-hybridized carbons (Fsp3) is 0.846. The first-order chi connectivity index (χ1) is 9.28. The minimum Gasteiger partial charge on any atom is -0.344 e. The summed E-state index contributed by atoms with van der Waals surface area (Å²) in [5, 5.41) is 2.75. The third-order valence-electron chi connectivity index (χ3n) is 3.85. The van der Waals surface area contributed by atoms with E-state index >= 15 is 0 Å². The number of carbonyl (C=O) groups excluding carboxylic acids is 2. The van der Waals surface area contributed by atoms with Crippen molar-refractivity contribution in [2.24, 2.45) is 5.92 Å². The van der Waals surface area contributed by atoms with Gasteiger partial charge in [-0.3, -0.25) is 9.59 Å². The van der Waals surface area contributed by atoms with Crippen LogP contribution < -0.4 is 5.32 Å². The largest absolute Gasteiger partial charge is 0.344 e. The van der Waals surface area contributed by atoms with Gasteiger partial charge in [-0.15, -0.1) is 0 Å². The number of carbonyl (C=O) groups is 2. The van der Waals surface area contributed by atoms with Crippen LogP contribution in [0.1, 0.15) is 33.1 Å². The SMILES string of the molecule is CC(C)CC1NC(=O)CCN(C2CCS(=O)(=O)C2)C1=O. The van der Waals surface area contributed by atoms with Gasteiger partial charge in [-0.1, -0.05) is 13.8 Å². The third kappa shape index (κ3) is 3.50. The predicted octanol–water partition coefficient (Wildman–Crippen LogP) is -0.0633. The summed E-state index contributed by atoms with van der Waals surface area (Å²) in [6, 6.07) is -0.789. The molecule has 2 amide bonds. The van der Waals surface area contributed by atoms with E-state index in [1.165, 1.54) is 0 Å². The molecule has 0 aromatic heterocycles. The Balaban J connectivity index is 2.15. The molecule has 2 aliphatic rings. The first-order valence-electron chi connectivity index (χ1n) is 7.09. The van der Waals surface area contributed by atoms with E-state index in [1.54, 1.807) is 4.90 Å². The van der Waals surface area contributed by atoms with Gasteiger partial charge in [0.1, 0.15) is 6.04 Å². The molecule has 0 aromatic rings. The Morgan fingerprint density at radius 3 is 2.60 bits per heavy atom. The normalized spacial score (nSPS) is 30.4. The molecule has 0 aromatic carbocycles. The molecular formula is C13H22N2O4S. The topological polar surface area (TPSA) is 83.6 Å². The van der Waals surface area contributed by atoms with E-state index in [4.69, 9.17) is 0 Å². The Labute approximate surface area is 119 Å². The van der Waals surface area contributed by atoms with Crippen molar-refractivity contribution in [3.05, 3.63) is 0 Å². The molecule has 2 atom stereocenters. The second-order valence-electron chi connectivity index (χ2n) is 6.09. The van der Waals surface area contributed by atoms with Crippen LogP contribution in [-0.4, -0.2) is 55.3 Å². The van der Waals surface area contributed by atoms with E-state index in [2.05, 4.69) is 5.32 Å². The lowest BCUT2D eigenvalue weighted by atomic mass is 10.0. The maximum atomic E-state index is 12.5. The minimum atomic E-state index is -3.03. The number of amides is 2. The zero-order valence-corrected chi connectivity index (χ0v) is 12.8. The highest BCUT2D eigenvalue weighted by atomic mass is 32.2. The molecule has 0 bridgehead atoms. The van der Waals surface area contributed by atoms with Crippen molar-refractivity contribution in [3.63, 3.8) is 0 Å². The van der Waals surface area contributed by atoms with Gasteiger partial charge in [-0.25, -0.2) is 8.42 Å². The van der Waals surface area contributed by atoms with Crippen LogP contribution in [0.2, 0.25) is 0 Å². The van der Waals surface area contributed by atoms with Crippen LogP contribution >= 0.6 is 0 Å². The average Bonchev–Trinajstić information content (AvgIpc) is 2.61. The second kappa shape index (κ2) is 5.71. The summed E-state index contributed by atoms with van der Waals surface area (Å²) in [4.78, 5) is 25.8. The quantitative estimate of drug-likeness (QED) is 0.791. The van der Waals surface area contributed by atoms with Crippen molar-refractivity contribution in [2.45, 2.75) is 45.2 Å². The maximum Gasteiger partial charge on any atom is 0.245 e. The fourth-order valence-corrected chi connectivity index (χ4v) is 4.61. The molecule has 2 aliphatic heterocycles. The lowest BCUT2D eigenvalue weighted by Crippen LogP contribution is -2.49. The van der Waals surface area contributed by atoms with Crippen LogP contribution in [0, 0.1) is 5.92 Å². The highest BCUT2D eigenvalue weighted by Crippen LogP contribution is 2.21. The molecule has 20 heavy (non-hydrogen) atoms. The first-order valence-corrected chi connectivity index (χ1v) is 8.91. The van der Waals surface area contributed by atoms with E-state index in [9.17, 15) is 18.0 Å². The van der Waals surface area contributed by atoms with Crippen molar-refractivity contribution >= 4 is 21.7 Å². The Hall–Kier alpha value is -1.11. The van der Waals surface area contributed by atoms with Crippen molar-refractivity contribution < 1.29 is 18.0 Å². The van der Waals surface area contributed by atoms with Gasteiger partial charge in [0.05, 0.1) is 11.5 Å². The van der Waals surface area contributed by atoms with Gasteiger partial charge >= 0.3 is 0 Å². The van der Waals surface area contributed by atoms with Crippen LogP contribution in [0.25, 0.3) is 0 Å². The number of hydrogen-bond acceptors (Lipinski definition) is 4. The molecule has 0 saturated carbocycles. The zero-order valence-electron chi connectivity index (χ0n) is 12.0. The van der Waals surface area contributed by atoms with E-state index in [0.717, 1.165) is 0 Å². The van der Waals surface area contributed by atoms with Gasteiger partial charge in [-0.2, -0.15) is 0 Å². The van der Waals surface area contributed by atoms with Crippen LogP contribution in [-0.2, 0) is 19.4 Å². The Morgan fingerprint density at radius 1 is 1.35 bits per heavy atom. The second-order valence-corrected chi connectivity index (χ2v) is 8.32. The summed E-state index contributed by atoms with van der Waals surface area (Å²) in [5.41, 5.74) is 0. The van der Waals surface area contributed by atoms with Crippen molar-refractivity contribution in [3.8, 4) is 0 Å². The summed E-state index contributed by atoms with van der Waals surface area (Å²) in [6.45, 7) is 4.31. The lowest BCUT2D eigenvalue weighted by molar-refractivity contribution is -0.135. The number of nitrogens with zero attached hydrogens (tertiary/aromatic N) is 1. The zero-order chi connectivity index (χ0) is 14.9. The molecule has 2 fully saturated rings. The standard InChI is InChI=1S/C13H22N2O4S/c1-9(2)7-11-13(17)15(5-3-12(16)14-11)10-4-6-20(18,19)8-10/h9-11H,3-8H2,1-2H3,(H,14,16). The molecule has 2 unspecified atom stereocenters.